The van der Waals surface area contributed by atoms with E-state index in [2.05, 4.69) is 10.3 Å². The first-order valence-corrected chi connectivity index (χ1v) is 11.0. The van der Waals surface area contributed by atoms with E-state index in [0.717, 1.165) is 0 Å². The Morgan fingerprint density at radius 2 is 1.93 bits per heavy atom. The summed E-state index contributed by atoms with van der Waals surface area (Å²) < 4.78 is 13.6. The van der Waals surface area contributed by atoms with Gasteiger partial charge in [0.2, 0.25) is 17.7 Å². The van der Waals surface area contributed by atoms with Gasteiger partial charge in [-0.1, -0.05) is 11.8 Å². The van der Waals surface area contributed by atoms with Crippen LogP contribution in [0.15, 0.2) is 34.0 Å². The monoisotopic (exact) mass is 436 g/mol. The number of nitrogens with two attached hydrogens (primary N) is 1. The van der Waals surface area contributed by atoms with Gasteiger partial charge in [-0.25, -0.2) is 9.37 Å². The molecule has 0 spiro atoms. The van der Waals surface area contributed by atoms with Crippen LogP contribution in [0.3, 0.4) is 0 Å². The number of carbonyl (C=O) groups is 3. The maximum absolute atomic E-state index is 12.9. The molecule has 0 radical (unpaired) electrons. The van der Waals surface area contributed by atoms with Crippen LogP contribution >= 0.6 is 23.1 Å². The molecular formula is C19H21FN4O3S2. The van der Waals surface area contributed by atoms with E-state index >= 15 is 0 Å². The molecule has 0 bridgehead atoms. The molecule has 10 heteroatoms. The van der Waals surface area contributed by atoms with Gasteiger partial charge in [0.1, 0.15) is 5.82 Å². The number of amides is 3. The van der Waals surface area contributed by atoms with Gasteiger partial charge >= 0.3 is 0 Å². The lowest BCUT2D eigenvalue weighted by Crippen LogP contribution is -2.42. The van der Waals surface area contributed by atoms with Crippen LogP contribution in [0.5, 0.6) is 0 Å². The molecule has 0 saturated carbocycles. The topological polar surface area (TPSA) is 105 Å². The molecule has 0 aliphatic carbocycles. The van der Waals surface area contributed by atoms with Crippen molar-refractivity contribution in [3.05, 3.63) is 41.2 Å². The first-order chi connectivity index (χ1) is 13.9. The Hall–Kier alpha value is -2.46. The van der Waals surface area contributed by atoms with E-state index in [9.17, 15) is 18.8 Å². The minimum absolute atomic E-state index is 0.0242. The van der Waals surface area contributed by atoms with Gasteiger partial charge in [-0.3, -0.25) is 14.4 Å². The van der Waals surface area contributed by atoms with Crippen molar-refractivity contribution in [3.63, 3.8) is 0 Å². The summed E-state index contributed by atoms with van der Waals surface area (Å²) in [5.41, 5.74) is 6.51. The van der Waals surface area contributed by atoms with Crippen LogP contribution in [0, 0.1) is 11.7 Å². The third-order valence-corrected chi connectivity index (χ3v) is 6.64. The maximum atomic E-state index is 12.9. The van der Waals surface area contributed by atoms with Gasteiger partial charge in [-0.15, -0.1) is 11.3 Å². The number of anilines is 1. The molecule has 1 aromatic carbocycles. The number of hydrogen-bond acceptors (Lipinski definition) is 6. The van der Waals surface area contributed by atoms with Crippen LogP contribution in [0.1, 0.15) is 18.5 Å². The summed E-state index contributed by atoms with van der Waals surface area (Å²) in [6.07, 6.45) is 1.39. The third-order valence-electron chi connectivity index (χ3n) is 4.57. The molecule has 2 heterocycles. The molecule has 1 aliphatic rings. The van der Waals surface area contributed by atoms with Gasteiger partial charge in [0.15, 0.2) is 4.34 Å². The molecule has 1 aromatic heterocycles. The number of rotatable bonds is 7. The summed E-state index contributed by atoms with van der Waals surface area (Å²) in [4.78, 5) is 41.8. The fourth-order valence-electron chi connectivity index (χ4n) is 2.97. The first-order valence-electron chi connectivity index (χ1n) is 9.10. The molecule has 3 N–H and O–H groups in total. The summed E-state index contributed by atoms with van der Waals surface area (Å²) in [7, 11) is 0. The molecule has 1 aliphatic heterocycles. The van der Waals surface area contributed by atoms with E-state index in [4.69, 9.17) is 5.73 Å². The lowest BCUT2D eigenvalue weighted by molar-refractivity contribution is -0.134. The number of likely N-dealkylation sites (tertiary alicyclic amines) is 1. The van der Waals surface area contributed by atoms with Crippen LogP contribution in [0.2, 0.25) is 0 Å². The van der Waals surface area contributed by atoms with Crippen molar-refractivity contribution >= 4 is 46.5 Å². The predicted molar refractivity (Wildman–Crippen MR) is 110 cm³/mol. The molecule has 1 saturated heterocycles. The van der Waals surface area contributed by atoms with E-state index in [0.29, 0.717) is 41.7 Å². The summed E-state index contributed by atoms with van der Waals surface area (Å²) >= 11 is 2.67. The summed E-state index contributed by atoms with van der Waals surface area (Å²) in [5, 5.41) is 4.50. The van der Waals surface area contributed by atoms with Crippen molar-refractivity contribution < 1.29 is 18.8 Å². The van der Waals surface area contributed by atoms with Crippen LogP contribution in [-0.4, -0.2) is 46.4 Å². The number of thioether (sulfide) groups is 1. The fraction of sp³-hybridized carbons (Fsp3) is 0.368. The smallest absolute Gasteiger partial charge is 0.234 e. The molecule has 29 heavy (non-hydrogen) atoms. The highest BCUT2D eigenvalue weighted by Crippen LogP contribution is 2.24. The van der Waals surface area contributed by atoms with Crippen LogP contribution in [0.4, 0.5) is 10.1 Å². The fourth-order valence-corrected chi connectivity index (χ4v) is 4.62. The first kappa shape index (κ1) is 21.3. The quantitative estimate of drug-likeness (QED) is 0.648. The molecule has 3 amide bonds. The molecular weight excluding hydrogens is 415 g/mol. The highest BCUT2D eigenvalue weighted by Gasteiger charge is 2.26. The van der Waals surface area contributed by atoms with Crippen molar-refractivity contribution in [2.24, 2.45) is 11.7 Å². The summed E-state index contributed by atoms with van der Waals surface area (Å²) in [5.74, 6) is -0.891. The van der Waals surface area contributed by atoms with Gasteiger partial charge in [-0.05, 0) is 37.1 Å². The van der Waals surface area contributed by atoms with Crippen molar-refractivity contribution in [1.82, 2.24) is 9.88 Å². The second kappa shape index (κ2) is 9.84. The predicted octanol–water partition coefficient (Wildman–Crippen LogP) is 2.28. The minimum Gasteiger partial charge on any atom is -0.369 e. The number of hydrogen-bond donors (Lipinski definition) is 2. The van der Waals surface area contributed by atoms with Crippen molar-refractivity contribution in [3.8, 4) is 0 Å². The van der Waals surface area contributed by atoms with Gasteiger partial charge < -0.3 is 16.0 Å². The van der Waals surface area contributed by atoms with E-state index in [1.54, 1.807) is 4.90 Å². The number of benzene rings is 1. The van der Waals surface area contributed by atoms with Crippen LogP contribution < -0.4 is 11.1 Å². The van der Waals surface area contributed by atoms with E-state index in [1.165, 1.54) is 47.4 Å². The third kappa shape index (κ3) is 6.26. The summed E-state index contributed by atoms with van der Waals surface area (Å²) in [6.45, 7) is 1.06. The Labute approximate surface area is 175 Å². The summed E-state index contributed by atoms with van der Waals surface area (Å²) in [6, 6.07) is 5.56. The van der Waals surface area contributed by atoms with Crippen molar-refractivity contribution in [2.45, 2.75) is 23.6 Å². The number of thiazole rings is 1. The Balaban J connectivity index is 1.43. The largest absolute Gasteiger partial charge is 0.369 e. The Bertz CT molecular complexity index is 880. The van der Waals surface area contributed by atoms with E-state index in [1.807, 2.05) is 5.38 Å². The molecule has 7 nitrogen and oxygen atoms in total. The number of nitrogens with zero attached hydrogens (tertiary/aromatic N) is 2. The van der Waals surface area contributed by atoms with Crippen LogP contribution in [0.25, 0.3) is 0 Å². The molecule has 2 aromatic rings. The Morgan fingerprint density at radius 3 is 2.59 bits per heavy atom. The molecule has 3 rings (SSSR count). The number of carbonyl (C=O) groups excluding carboxylic acids is 3. The lowest BCUT2D eigenvalue weighted by atomic mass is 9.96. The second-order valence-corrected chi connectivity index (χ2v) is 8.76. The number of primary amides is 1. The van der Waals surface area contributed by atoms with Gasteiger partial charge in [0.05, 0.1) is 17.9 Å². The van der Waals surface area contributed by atoms with E-state index < -0.39 is 0 Å². The average molecular weight is 437 g/mol. The van der Waals surface area contributed by atoms with E-state index in [-0.39, 0.29) is 41.6 Å². The molecule has 0 atom stereocenters. The zero-order valence-electron chi connectivity index (χ0n) is 15.6. The van der Waals surface area contributed by atoms with Gasteiger partial charge in [0.25, 0.3) is 0 Å². The van der Waals surface area contributed by atoms with Gasteiger partial charge in [-0.2, -0.15) is 0 Å². The number of aromatic nitrogens is 1. The Kier molecular flexibility index (Phi) is 7.21. The highest BCUT2D eigenvalue weighted by atomic mass is 32.2. The highest BCUT2D eigenvalue weighted by molar-refractivity contribution is 8.01. The van der Waals surface area contributed by atoms with Crippen molar-refractivity contribution in [1.29, 1.82) is 0 Å². The van der Waals surface area contributed by atoms with Crippen LogP contribution in [-0.2, 0) is 20.8 Å². The molecule has 154 valence electrons. The minimum atomic E-state index is -0.362. The second-order valence-electron chi connectivity index (χ2n) is 6.68. The van der Waals surface area contributed by atoms with Crippen molar-refractivity contribution in [2.75, 3.05) is 24.2 Å². The number of halogens is 1. The zero-order valence-corrected chi connectivity index (χ0v) is 17.2. The maximum Gasteiger partial charge on any atom is 0.234 e. The standard InChI is InChI=1S/C19H21FN4O3S2/c20-13-1-3-14(4-2-13)22-16(25)11-29-19-23-15(10-28-19)9-17(26)24-7-5-12(6-8-24)18(21)27/h1-4,10,12H,5-9,11H2,(H2,21,27)(H,22,25). The normalized spacial score (nSPS) is 14.6. The zero-order chi connectivity index (χ0) is 20.8. The Morgan fingerprint density at radius 1 is 1.24 bits per heavy atom. The molecule has 1 fully saturated rings. The number of piperidine rings is 1. The average Bonchev–Trinajstić information content (AvgIpc) is 3.15. The van der Waals surface area contributed by atoms with Gasteiger partial charge in [0, 0.05) is 30.1 Å². The SMILES string of the molecule is NC(=O)C1CCN(C(=O)Cc2csc(SCC(=O)Nc3ccc(F)cc3)n2)CC1. The molecule has 0 unspecified atom stereocenters. The number of nitrogens with one attached hydrogen (secondary N) is 1. The lowest BCUT2D eigenvalue weighted by Gasteiger charge is -2.30.